The van der Waals surface area contributed by atoms with Gasteiger partial charge in [0.1, 0.15) is 4.83 Å². The Kier molecular flexibility index (Phi) is 2.68. The maximum atomic E-state index is 2.49. The Bertz CT molecular complexity index is 1650. The highest BCUT2D eigenvalue weighted by molar-refractivity contribution is 7.17. The van der Waals surface area contributed by atoms with Crippen LogP contribution in [0.25, 0.3) is 59.3 Å². The van der Waals surface area contributed by atoms with Gasteiger partial charge in [-0.2, -0.15) is 0 Å². The first-order valence-electron chi connectivity index (χ1n) is 9.54. The van der Waals surface area contributed by atoms with Gasteiger partial charge in [-0.3, -0.25) is 4.40 Å². The number of pyridine rings is 1. The number of fused-ring (bicyclic) bond motifs is 6. The Morgan fingerprint density at radius 2 is 1.46 bits per heavy atom. The topological polar surface area (TPSA) is 4.41 Å². The first-order valence-corrected chi connectivity index (χ1v) is 10.4. The SMILES string of the molecule is c1ccc(-c2cc3cccc4c5ccsc5n5c6ccccc6c2c5c34)cc1. The summed E-state index contributed by atoms with van der Waals surface area (Å²) < 4.78 is 2.49. The molecule has 7 rings (SSSR count). The molecule has 0 saturated carbocycles. The zero-order valence-electron chi connectivity index (χ0n) is 15.0. The lowest BCUT2D eigenvalue weighted by Crippen LogP contribution is -1.90. The van der Waals surface area contributed by atoms with Gasteiger partial charge in [0.05, 0.1) is 11.0 Å². The summed E-state index contributed by atoms with van der Waals surface area (Å²) in [5, 5.41) is 10.3. The predicted octanol–water partition coefficient (Wildman–Crippen LogP) is 7.72. The molecule has 4 aromatic carbocycles. The summed E-state index contributed by atoms with van der Waals surface area (Å²) >= 11 is 1.83. The molecule has 0 spiro atoms. The molecule has 0 atom stereocenters. The molecule has 0 radical (unpaired) electrons. The van der Waals surface area contributed by atoms with E-state index < -0.39 is 0 Å². The Labute approximate surface area is 165 Å². The Balaban J connectivity index is 1.91. The number of hydrogen-bond acceptors (Lipinski definition) is 1. The molecular weight excluding hydrogens is 358 g/mol. The Morgan fingerprint density at radius 3 is 2.39 bits per heavy atom. The summed E-state index contributed by atoms with van der Waals surface area (Å²) in [7, 11) is 0. The van der Waals surface area contributed by atoms with Crippen molar-refractivity contribution in [3.8, 4) is 11.1 Å². The maximum Gasteiger partial charge on any atom is 0.108 e. The quantitative estimate of drug-likeness (QED) is 0.277. The van der Waals surface area contributed by atoms with Crippen molar-refractivity contribution in [1.29, 1.82) is 0 Å². The highest BCUT2D eigenvalue weighted by Crippen LogP contribution is 2.46. The molecule has 7 aromatic rings. The molecule has 3 aromatic heterocycles. The second-order valence-corrected chi connectivity index (χ2v) is 8.30. The van der Waals surface area contributed by atoms with Crippen LogP contribution in [0.5, 0.6) is 0 Å². The number of benzene rings is 4. The first-order chi connectivity index (χ1) is 13.9. The summed E-state index contributed by atoms with van der Waals surface area (Å²) in [5.41, 5.74) is 5.23. The van der Waals surface area contributed by atoms with Crippen LogP contribution >= 0.6 is 11.3 Å². The molecule has 28 heavy (non-hydrogen) atoms. The van der Waals surface area contributed by atoms with Crippen LogP contribution < -0.4 is 0 Å². The van der Waals surface area contributed by atoms with Gasteiger partial charge in [-0.05, 0) is 45.5 Å². The largest absolute Gasteiger partial charge is 0.299 e. The summed E-state index contributed by atoms with van der Waals surface area (Å²) in [4.78, 5) is 1.33. The average molecular weight is 373 g/mol. The fraction of sp³-hybridized carbons (Fsp3) is 0. The Morgan fingerprint density at radius 1 is 0.643 bits per heavy atom. The van der Waals surface area contributed by atoms with Crippen molar-refractivity contribution < 1.29 is 0 Å². The highest BCUT2D eigenvalue weighted by atomic mass is 32.1. The van der Waals surface area contributed by atoms with Crippen LogP contribution in [0.2, 0.25) is 0 Å². The van der Waals surface area contributed by atoms with E-state index in [1.165, 1.54) is 59.3 Å². The van der Waals surface area contributed by atoms with Crippen molar-refractivity contribution >= 4 is 59.5 Å². The lowest BCUT2D eigenvalue weighted by Gasteiger charge is -2.13. The third-order valence-corrected chi connectivity index (χ3v) is 6.90. The van der Waals surface area contributed by atoms with Crippen LogP contribution in [-0.2, 0) is 0 Å². The second-order valence-electron chi connectivity index (χ2n) is 7.41. The van der Waals surface area contributed by atoms with Crippen molar-refractivity contribution in [2.24, 2.45) is 0 Å². The van der Waals surface area contributed by atoms with Gasteiger partial charge < -0.3 is 0 Å². The minimum Gasteiger partial charge on any atom is -0.299 e. The normalized spacial score (nSPS) is 12.3. The van der Waals surface area contributed by atoms with E-state index in [1.54, 1.807) is 0 Å². The van der Waals surface area contributed by atoms with Crippen molar-refractivity contribution in [3.63, 3.8) is 0 Å². The first kappa shape index (κ1) is 14.7. The maximum absolute atomic E-state index is 2.49. The molecule has 1 nitrogen and oxygen atoms in total. The van der Waals surface area contributed by atoms with Crippen molar-refractivity contribution in [2.45, 2.75) is 0 Å². The molecule has 0 aliphatic carbocycles. The number of para-hydroxylation sites is 1. The van der Waals surface area contributed by atoms with E-state index in [-0.39, 0.29) is 0 Å². The van der Waals surface area contributed by atoms with Gasteiger partial charge >= 0.3 is 0 Å². The number of rotatable bonds is 1. The highest BCUT2D eigenvalue weighted by Gasteiger charge is 2.21. The molecular formula is C26H15NS. The molecule has 0 bridgehead atoms. The predicted molar refractivity (Wildman–Crippen MR) is 122 cm³/mol. The van der Waals surface area contributed by atoms with Crippen LogP contribution in [0.4, 0.5) is 0 Å². The summed E-state index contributed by atoms with van der Waals surface area (Å²) in [6.07, 6.45) is 0. The lowest BCUT2D eigenvalue weighted by molar-refractivity contribution is 1.38. The van der Waals surface area contributed by atoms with Gasteiger partial charge in [-0.1, -0.05) is 66.7 Å². The van der Waals surface area contributed by atoms with E-state index in [4.69, 9.17) is 0 Å². The zero-order chi connectivity index (χ0) is 18.2. The number of aromatic nitrogens is 1. The van der Waals surface area contributed by atoms with Gasteiger partial charge in [0, 0.05) is 21.5 Å². The van der Waals surface area contributed by atoms with Crippen molar-refractivity contribution in [1.82, 2.24) is 4.40 Å². The van der Waals surface area contributed by atoms with E-state index in [0.717, 1.165) is 0 Å². The van der Waals surface area contributed by atoms with Gasteiger partial charge in [-0.25, -0.2) is 0 Å². The number of nitrogens with zero attached hydrogens (tertiary/aromatic N) is 1. The zero-order valence-corrected chi connectivity index (χ0v) is 15.8. The van der Waals surface area contributed by atoms with Crippen LogP contribution in [0, 0.1) is 0 Å². The smallest absolute Gasteiger partial charge is 0.108 e. The van der Waals surface area contributed by atoms with E-state index in [9.17, 15) is 0 Å². The fourth-order valence-corrected chi connectivity index (χ4v) is 5.82. The molecule has 0 N–H and O–H groups in total. The summed E-state index contributed by atoms with van der Waals surface area (Å²) in [6, 6.07) is 31.0. The molecule has 0 aliphatic rings. The van der Waals surface area contributed by atoms with Gasteiger partial charge in [0.15, 0.2) is 0 Å². The van der Waals surface area contributed by atoms with E-state index in [2.05, 4.69) is 94.7 Å². The standard InChI is InChI=1S/C26H15NS/c1-2-7-16(8-3-1)21-15-17-9-6-11-18-19-13-14-28-26(19)27-22-12-5-4-10-20(22)24(21)25(27)23(17)18/h1-15H. The van der Waals surface area contributed by atoms with Crippen molar-refractivity contribution in [3.05, 3.63) is 90.3 Å². The summed E-state index contributed by atoms with van der Waals surface area (Å²) in [6.45, 7) is 0. The molecule has 0 unspecified atom stereocenters. The van der Waals surface area contributed by atoms with Crippen LogP contribution in [0.1, 0.15) is 0 Å². The number of hydrogen-bond donors (Lipinski definition) is 0. The van der Waals surface area contributed by atoms with Gasteiger partial charge in [0.2, 0.25) is 0 Å². The van der Waals surface area contributed by atoms with Crippen LogP contribution in [0.3, 0.4) is 0 Å². The molecule has 0 saturated heterocycles. The summed E-state index contributed by atoms with van der Waals surface area (Å²) in [5.74, 6) is 0. The second kappa shape index (κ2) is 5.12. The third-order valence-electron chi connectivity index (χ3n) is 6.00. The molecule has 0 amide bonds. The van der Waals surface area contributed by atoms with E-state index in [0.29, 0.717) is 0 Å². The van der Waals surface area contributed by atoms with E-state index >= 15 is 0 Å². The molecule has 130 valence electrons. The number of thiophene rings is 1. The minimum absolute atomic E-state index is 1.27. The molecule has 0 fully saturated rings. The van der Waals surface area contributed by atoms with Gasteiger partial charge in [0.25, 0.3) is 0 Å². The lowest BCUT2D eigenvalue weighted by atomic mass is 9.93. The molecule has 3 heterocycles. The molecule has 2 heteroatoms. The van der Waals surface area contributed by atoms with E-state index in [1.807, 2.05) is 11.3 Å². The fourth-order valence-electron chi connectivity index (χ4n) is 4.89. The van der Waals surface area contributed by atoms with Crippen LogP contribution in [-0.4, -0.2) is 4.40 Å². The average Bonchev–Trinajstić information content (AvgIpc) is 3.37. The Hall–Kier alpha value is -3.36. The van der Waals surface area contributed by atoms with Crippen molar-refractivity contribution in [2.75, 3.05) is 0 Å². The monoisotopic (exact) mass is 373 g/mol. The minimum atomic E-state index is 1.27. The molecule has 0 aliphatic heterocycles. The van der Waals surface area contributed by atoms with Crippen LogP contribution in [0.15, 0.2) is 90.3 Å². The van der Waals surface area contributed by atoms with Gasteiger partial charge in [-0.15, -0.1) is 11.3 Å². The third kappa shape index (κ3) is 1.67.